The van der Waals surface area contributed by atoms with E-state index in [-0.39, 0.29) is 19.0 Å². The second kappa shape index (κ2) is 6.47. The third-order valence-corrected chi connectivity index (χ3v) is 1.22. The first-order chi connectivity index (χ1) is 6.26. The van der Waals surface area contributed by atoms with Gasteiger partial charge in [0.05, 0.1) is 0 Å². The van der Waals surface area contributed by atoms with E-state index in [4.69, 9.17) is 15.6 Å². The van der Waals surface area contributed by atoms with Crippen LogP contribution in [0.4, 0.5) is 4.79 Å². The molecule has 1 atom stereocenters. The lowest BCUT2D eigenvalue weighted by molar-refractivity contribution is -0.139. The van der Waals surface area contributed by atoms with Crippen LogP contribution in [0.25, 0.3) is 0 Å². The first kappa shape index (κ1) is 16.4. The summed E-state index contributed by atoms with van der Waals surface area (Å²) in [5.41, 5.74) is 4.48. The summed E-state index contributed by atoms with van der Waals surface area (Å²) in [6.07, 6.45) is -0.782. The van der Waals surface area contributed by atoms with E-state index in [0.717, 1.165) is 0 Å². The molecule has 0 saturated heterocycles. The minimum atomic E-state index is -1.18. The van der Waals surface area contributed by atoms with Gasteiger partial charge in [-0.25, -0.2) is 9.59 Å². The fourth-order valence-corrected chi connectivity index (χ4v) is 0.671. The molecule has 0 rings (SSSR count). The van der Waals surface area contributed by atoms with Gasteiger partial charge >= 0.3 is 12.1 Å². The smallest absolute Gasteiger partial charge is 0.408 e. The third kappa shape index (κ3) is 8.02. The van der Waals surface area contributed by atoms with E-state index in [1.165, 1.54) is 0 Å². The van der Waals surface area contributed by atoms with E-state index >= 15 is 0 Å². The zero-order chi connectivity index (χ0) is 11.4. The number of rotatable bonds is 3. The Labute approximate surface area is 94.6 Å². The van der Waals surface area contributed by atoms with Crippen molar-refractivity contribution in [2.75, 3.05) is 6.54 Å². The predicted octanol–water partition coefficient (Wildman–Crippen LogP) is 0.345. The highest BCUT2D eigenvalue weighted by atomic mass is 35.5. The summed E-state index contributed by atoms with van der Waals surface area (Å²) in [6.45, 7) is 4.88. The number of hydrogen-bond donors (Lipinski definition) is 3. The van der Waals surface area contributed by atoms with E-state index in [2.05, 4.69) is 5.32 Å². The first-order valence-corrected chi connectivity index (χ1v) is 4.18. The topological polar surface area (TPSA) is 102 Å². The Bertz CT molecular complexity index is 227. The summed E-state index contributed by atoms with van der Waals surface area (Å²) < 4.78 is 4.85. The van der Waals surface area contributed by atoms with Crippen LogP contribution in [0.2, 0.25) is 0 Å². The SMILES string of the molecule is CC(C)(C)OC(=O)NC(CN)C(=O)O.Cl. The zero-order valence-corrected chi connectivity index (χ0v) is 9.76. The maximum absolute atomic E-state index is 11.1. The number of nitrogens with one attached hydrogen (secondary N) is 1. The van der Waals surface area contributed by atoms with Gasteiger partial charge in [-0.05, 0) is 20.8 Å². The van der Waals surface area contributed by atoms with Crippen LogP contribution in [0.1, 0.15) is 20.8 Å². The monoisotopic (exact) mass is 240 g/mol. The standard InChI is InChI=1S/C8H16N2O4.ClH/c1-8(2,3)14-7(13)10-5(4-9)6(11)12;/h5H,4,9H2,1-3H3,(H,10,13)(H,11,12);1H. The lowest BCUT2D eigenvalue weighted by Gasteiger charge is -2.21. The van der Waals surface area contributed by atoms with Gasteiger partial charge in [-0.1, -0.05) is 0 Å². The van der Waals surface area contributed by atoms with E-state index < -0.39 is 23.7 Å². The van der Waals surface area contributed by atoms with Crippen molar-refractivity contribution in [3.05, 3.63) is 0 Å². The second-order valence-electron chi connectivity index (χ2n) is 3.77. The lowest BCUT2D eigenvalue weighted by Crippen LogP contribution is -2.47. The molecule has 0 heterocycles. The number of hydrogen-bond acceptors (Lipinski definition) is 4. The summed E-state index contributed by atoms with van der Waals surface area (Å²) in [6, 6.07) is -1.11. The largest absolute Gasteiger partial charge is 0.480 e. The van der Waals surface area contributed by atoms with Gasteiger partial charge in [0, 0.05) is 6.54 Å². The van der Waals surface area contributed by atoms with Gasteiger partial charge < -0.3 is 20.9 Å². The molecule has 0 spiro atoms. The summed E-state index contributed by atoms with van der Waals surface area (Å²) in [7, 11) is 0. The molecule has 0 aliphatic heterocycles. The number of nitrogens with two attached hydrogens (primary N) is 1. The van der Waals surface area contributed by atoms with Gasteiger partial charge in [0.15, 0.2) is 0 Å². The fraction of sp³-hybridized carbons (Fsp3) is 0.750. The van der Waals surface area contributed by atoms with Crippen LogP contribution in [0.5, 0.6) is 0 Å². The van der Waals surface area contributed by atoms with Gasteiger partial charge in [0.25, 0.3) is 0 Å². The number of aliphatic carboxylic acids is 1. The van der Waals surface area contributed by atoms with Crippen LogP contribution in [0, 0.1) is 0 Å². The molecule has 0 radical (unpaired) electrons. The Morgan fingerprint density at radius 3 is 2.20 bits per heavy atom. The highest BCUT2D eigenvalue weighted by molar-refractivity contribution is 5.85. The van der Waals surface area contributed by atoms with Crippen molar-refractivity contribution >= 4 is 24.5 Å². The fourth-order valence-electron chi connectivity index (χ4n) is 0.671. The minimum absolute atomic E-state index is 0. The number of ether oxygens (including phenoxy) is 1. The second-order valence-corrected chi connectivity index (χ2v) is 3.77. The molecule has 0 aromatic carbocycles. The predicted molar refractivity (Wildman–Crippen MR) is 57.1 cm³/mol. The molecular weight excluding hydrogens is 224 g/mol. The van der Waals surface area contributed by atoms with Gasteiger partial charge in [-0.2, -0.15) is 0 Å². The molecule has 0 fully saturated rings. The molecule has 0 aromatic heterocycles. The molecule has 7 heteroatoms. The first-order valence-electron chi connectivity index (χ1n) is 4.18. The highest BCUT2D eigenvalue weighted by Crippen LogP contribution is 2.06. The maximum Gasteiger partial charge on any atom is 0.408 e. The number of amides is 1. The van der Waals surface area contributed by atoms with Crippen LogP contribution in [0.15, 0.2) is 0 Å². The van der Waals surface area contributed by atoms with E-state index in [0.29, 0.717) is 0 Å². The normalized spacial score (nSPS) is 12.3. The summed E-state index contributed by atoms with van der Waals surface area (Å²) in [4.78, 5) is 21.6. The van der Waals surface area contributed by atoms with Gasteiger partial charge in [0.1, 0.15) is 11.6 Å². The molecule has 15 heavy (non-hydrogen) atoms. The number of carbonyl (C=O) groups is 2. The van der Waals surface area contributed by atoms with Crippen molar-refractivity contribution < 1.29 is 19.4 Å². The Kier molecular flexibility index (Phi) is 7.08. The molecule has 4 N–H and O–H groups in total. The Hall–Kier alpha value is -1.01. The van der Waals surface area contributed by atoms with E-state index in [1.54, 1.807) is 20.8 Å². The minimum Gasteiger partial charge on any atom is -0.480 e. The summed E-state index contributed by atoms with van der Waals surface area (Å²) >= 11 is 0. The van der Waals surface area contributed by atoms with E-state index in [1.807, 2.05) is 0 Å². The molecule has 1 unspecified atom stereocenters. The molecule has 0 bridgehead atoms. The van der Waals surface area contributed by atoms with Crippen molar-refractivity contribution in [2.45, 2.75) is 32.4 Å². The molecule has 0 saturated carbocycles. The van der Waals surface area contributed by atoms with Crippen molar-refractivity contribution in [3.63, 3.8) is 0 Å². The van der Waals surface area contributed by atoms with Crippen molar-refractivity contribution in [1.82, 2.24) is 5.32 Å². The average molecular weight is 241 g/mol. The van der Waals surface area contributed by atoms with Crippen LogP contribution >= 0.6 is 12.4 Å². The van der Waals surface area contributed by atoms with Gasteiger partial charge in [-0.15, -0.1) is 12.4 Å². The van der Waals surface area contributed by atoms with Crippen LogP contribution in [-0.2, 0) is 9.53 Å². The average Bonchev–Trinajstić information content (AvgIpc) is 1.96. The highest BCUT2D eigenvalue weighted by Gasteiger charge is 2.22. The van der Waals surface area contributed by atoms with Crippen LogP contribution in [0.3, 0.4) is 0 Å². The quantitative estimate of drug-likeness (QED) is 0.661. The van der Waals surface area contributed by atoms with Gasteiger partial charge in [-0.3, -0.25) is 0 Å². The number of alkyl carbamates (subject to hydrolysis) is 1. The number of carbonyl (C=O) groups excluding carboxylic acids is 1. The number of carboxylic acid groups (broad SMARTS) is 1. The molecule has 0 aromatic rings. The molecule has 0 aliphatic rings. The molecule has 0 aliphatic carbocycles. The number of halogens is 1. The molecule has 1 amide bonds. The molecular formula is C8H17ClN2O4. The molecule has 6 nitrogen and oxygen atoms in total. The van der Waals surface area contributed by atoms with Crippen molar-refractivity contribution in [1.29, 1.82) is 0 Å². The van der Waals surface area contributed by atoms with Crippen LogP contribution in [-0.4, -0.2) is 35.4 Å². The third-order valence-electron chi connectivity index (χ3n) is 1.22. The molecule has 90 valence electrons. The van der Waals surface area contributed by atoms with Crippen LogP contribution < -0.4 is 11.1 Å². The Morgan fingerprint density at radius 1 is 1.47 bits per heavy atom. The zero-order valence-electron chi connectivity index (χ0n) is 8.94. The maximum atomic E-state index is 11.1. The number of carboxylic acids is 1. The van der Waals surface area contributed by atoms with Crippen molar-refractivity contribution in [2.24, 2.45) is 5.73 Å². The summed E-state index contributed by atoms with van der Waals surface area (Å²) in [5.74, 6) is -1.18. The lowest BCUT2D eigenvalue weighted by atomic mass is 10.2. The van der Waals surface area contributed by atoms with E-state index in [9.17, 15) is 9.59 Å². The van der Waals surface area contributed by atoms with Crippen molar-refractivity contribution in [3.8, 4) is 0 Å². The summed E-state index contributed by atoms with van der Waals surface area (Å²) in [5, 5.41) is 10.7. The Morgan fingerprint density at radius 2 is 1.93 bits per heavy atom. The Balaban J connectivity index is 0. The van der Waals surface area contributed by atoms with Gasteiger partial charge in [0.2, 0.25) is 0 Å².